The fourth-order valence-electron chi connectivity index (χ4n) is 11.0. The predicted octanol–water partition coefficient (Wildman–Crippen LogP) is 7.56. The Kier molecular flexibility index (Phi) is 16.8. The zero-order chi connectivity index (χ0) is 53.1. The quantitative estimate of drug-likeness (QED) is 0.0463. The number of hydrogen-bond acceptors (Lipinski definition) is 19. The van der Waals surface area contributed by atoms with E-state index in [0.29, 0.717) is 16.9 Å². The van der Waals surface area contributed by atoms with Crippen molar-refractivity contribution in [2.45, 2.75) is 133 Å². The van der Waals surface area contributed by atoms with Gasteiger partial charge in [-0.2, -0.15) is 0 Å². The van der Waals surface area contributed by atoms with Crippen LogP contribution in [0.15, 0.2) is 101 Å². The molecule has 4 aliphatic rings. The average Bonchev–Trinajstić information content (AvgIpc) is 3.34. The molecule has 0 radical (unpaired) electrons. The maximum absolute atomic E-state index is 15.8. The van der Waals surface area contributed by atoms with E-state index in [9.17, 15) is 24.3 Å². The van der Waals surface area contributed by atoms with Crippen LogP contribution >= 0.6 is 21.6 Å². The van der Waals surface area contributed by atoms with E-state index in [1.165, 1.54) is 54.9 Å². The molecule has 0 unspecified atom stereocenters. The van der Waals surface area contributed by atoms with Crippen LogP contribution in [0.25, 0.3) is 0 Å². The van der Waals surface area contributed by atoms with Crippen LogP contribution in [0, 0.1) is 16.7 Å². The number of ketones is 1. The number of benzene rings is 2. The highest BCUT2D eigenvalue weighted by molar-refractivity contribution is 8.76. The van der Waals surface area contributed by atoms with Gasteiger partial charge in [-0.1, -0.05) is 79.2 Å². The van der Waals surface area contributed by atoms with E-state index < -0.39 is 119 Å². The Morgan fingerprint density at radius 3 is 2.19 bits per heavy atom. The van der Waals surface area contributed by atoms with Crippen molar-refractivity contribution in [1.29, 1.82) is 0 Å². The number of aromatic nitrogens is 1. The van der Waals surface area contributed by atoms with Gasteiger partial charge in [0.2, 0.25) is 6.10 Å². The second-order valence-electron chi connectivity index (χ2n) is 20.3. The summed E-state index contributed by atoms with van der Waals surface area (Å²) in [5.74, 6) is -4.40. The van der Waals surface area contributed by atoms with Crippen LogP contribution in [0.5, 0.6) is 0 Å². The lowest BCUT2D eigenvalue weighted by Gasteiger charge is -2.67. The SMILES string of the molecule is CO[C@H]1C(=O)[C@]2(C)[C@@H](OC)C[C@H]3OC[C@@]3(OC(C)=O)[C@H]2[C@H](OC(=O)c2ccccc2)[C@]2(O)C[C@H](OC(=O)[C@H](OC(=O)OCCSSc3ccccn3)[C@@H](NC(=O)OC(C)(C)C)c3ccccc3)C(C)=C1C2(C)C. The van der Waals surface area contributed by atoms with E-state index in [2.05, 4.69) is 10.3 Å². The van der Waals surface area contributed by atoms with Crippen LogP contribution in [-0.2, 0) is 57.0 Å². The molecule has 2 heterocycles. The summed E-state index contributed by atoms with van der Waals surface area (Å²) in [7, 11) is 5.50. The molecule has 394 valence electrons. The van der Waals surface area contributed by atoms with Crippen LogP contribution in [0.3, 0.4) is 0 Å². The largest absolute Gasteiger partial charge is 0.509 e. The number of nitrogens with one attached hydrogen (secondary N) is 1. The number of pyridine rings is 1. The van der Waals surface area contributed by atoms with Crippen molar-refractivity contribution >= 4 is 57.5 Å². The third-order valence-electron chi connectivity index (χ3n) is 14.4. The summed E-state index contributed by atoms with van der Waals surface area (Å²) in [5.41, 5.74) is -7.28. The van der Waals surface area contributed by atoms with Crippen LogP contribution in [0.4, 0.5) is 9.59 Å². The van der Waals surface area contributed by atoms with E-state index in [4.69, 9.17) is 42.6 Å². The van der Waals surface area contributed by atoms with Gasteiger partial charge in [0.25, 0.3) is 0 Å². The van der Waals surface area contributed by atoms with E-state index in [-0.39, 0.29) is 30.8 Å². The van der Waals surface area contributed by atoms with Gasteiger partial charge in [0.05, 0.1) is 29.6 Å². The Morgan fingerprint density at radius 1 is 0.932 bits per heavy atom. The Hall–Kier alpha value is -5.51. The van der Waals surface area contributed by atoms with E-state index in [1.54, 1.807) is 109 Å². The molecular formula is C53H64N2O16S2. The van der Waals surface area contributed by atoms with Gasteiger partial charge in [-0.3, -0.25) is 9.59 Å². The molecule has 2 N–H and O–H groups in total. The van der Waals surface area contributed by atoms with Crippen LogP contribution < -0.4 is 5.32 Å². The number of methoxy groups -OCH3 is 2. The molecule has 2 aromatic carbocycles. The third kappa shape index (κ3) is 11.0. The molecule has 2 saturated carbocycles. The number of ether oxygens (including phenoxy) is 9. The first-order valence-corrected chi connectivity index (χ1v) is 26.2. The molecule has 20 heteroatoms. The highest BCUT2D eigenvalue weighted by Crippen LogP contribution is 2.65. The molecule has 0 spiro atoms. The highest BCUT2D eigenvalue weighted by atomic mass is 33.1. The van der Waals surface area contributed by atoms with Crippen molar-refractivity contribution < 1.29 is 76.5 Å². The van der Waals surface area contributed by atoms with E-state index in [0.717, 1.165) is 5.03 Å². The first-order chi connectivity index (χ1) is 34.5. The number of amides is 1. The summed E-state index contributed by atoms with van der Waals surface area (Å²) < 4.78 is 54.5. The maximum atomic E-state index is 15.8. The molecule has 1 aromatic heterocycles. The van der Waals surface area contributed by atoms with Crippen molar-refractivity contribution in [2.24, 2.45) is 16.7 Å². The van der Waals surface area contributed by atoms with Gasteiger partial charge >= 0.3 is 30.2 Å². The van der Waals surface area contributed by atoms with Crippen LogP contribution in [0.1, 0.15) is 90.2 Å². The molecule has 1 amide bonds. The highest BCUT2D eigenvalue weighted by Gasteiger charge is 2.78. The van der Waals surface area contributed by atoms with Gasteiger partial charge in [-0.15, -0.1) is 0 Å². The smallest absolute Gasteiger partial charge is 0.455 e. The lowest BCUT2D eigenvalue weighted by Crippen LogP contribution is -2.82. The van der Waals surface area contributed by atoms with E-state index in [1.807, 2.05) is 12.1 Å². The number of carbonyl (C=O) groups excluding carboxylic acids is 6. The number of fused-ring (bicyclic) bond motifs is 5. The summed E-state index contributed by atoms with van der Waals surface area (Å²) >= 11 is 0. The molecule has 2 bridgehead atoms. The number of alkyl carbamates (subject to hydrolysis) is 1. The summed E-state index contributed by atoms with van der Waals surface area (Å²) in [4.78, 5) is 90.4. The molecule has 3 fully saturated rings. The van der Waals surface area contributed by atoms with Crippen molar-refractivity contribution in [3.05, 3.63) is 107 Å². The number of nitrogens with zero attached hydrogens (tertiary/aromatic N) is 1. The molecule has 3 aliphatic carbocycles. The fraction of sp³-hybridized carbons (Fsp3) is 0.528. The lowest BCUT2D eigenvalue weighted by atomic mass is 9.44. The first kappa shape index (κ1) is 55.2. The number of aliphatic hydroxyl groups is 1. The second kappa shape index (κ2) is 22.1. The molecule has 7 rings (SSSR count). The second-order valence-corrected chi connectivity index (χ2v) is 22.7. The summed E-state index contributed by atoms with van der Waals surface area (Å²) in [6.07, 6.45) is -9.40. The van der Waals surface area contributed by atoms with E-state index >= 15 is 9.59 Å². The maximum Gasteiger partial charge on any atom is 0.509 e. The number of hydrogen-bond donors (Lipinski definition) is 2. The molecule has 73 heavy (non-hydrogen) atoms. The standard InChI is InChI=1S/C53H64N2O16S2/c1-30-34(67-46(59)41(68-48(61)65-25-26-72-73-37-23-17-18-24-54-37)39(32-19-13-11-14-20-32)55-47(60)71-49(3,4)5)28-53(62)44(69-45(58)33-21-15-12-16-22-33)42-51(8,43(57)40(64-10)38(30)50(53,6)7)35(63-9)27-36-52(42,29-66-36)70-31(2)56/h11-24,34-36,39-42,44,62H,25-29H2,1-10H3,(H,55,60)/t34-,35-,36+,39-,40+,41+,42-,44-,51+,52-,53+/m0/s1. The molecule has 18 nitrogen and oxygen atoms in total. The summed E-state index contributed by atoms with van der Waals surface area (Å²) in [5, 5.41) is 17.4. The average molecular weight is 1050 g/mol. The van der Waals surface area contributed by atoms with Crippen molar-refractivity contribution in [3.63, 3.8) is 0 Å². The summed E-state index contributed by atoms with van der Waals surface area (Å²) in [6.45, 7) is 12.4. The number of rotatable bonds is 16. The van der Waals surface area contributed by atoms with Gasteiger partial charge in [-0.05, 0) is 86.4 Å². The van der Waals surface area contributed by atoms with Crippen molar-refractivity contribution in [1.82, 2.24) is 10.3 Å². The van der Waals surface area contributed by atoms with Gasteiger partial charge in [0, 0.05) is 51.3 Å². The number of esters is 3. The Morgan fingerprint density at radius 2 is 1.60 bits per heavy atom. The topological polar surface area (TPSA) is 231 Å². The number of carbonyl (C=O) groups is 6. The Labute approximate surface area is 432 Å². The minimum atomic E-state index is -2.31. The van der Waals surface area contributed by atoms with Gasteiger partial charge in [0.1, 0.15) is 53.3 Å². The Balaban J connectivity index is 1.33. The minimum absolute atomic E-state index is 0.0884. The van der Waals surface area contributed by atoms with Gasteiger partial charge in [0.15, 0.2) is 11.4 Å². The van der Waals surface area contributed by atoms with Gasteiger partial charge < -0.3 is 53.1 Å². The molecule has 3 aromatic rings. The zero-order valence-corrected chi connectivity index (χ0v) is 44.2. The van der Waals surface area contributed by atoms with Gasteiger partial charge in [-0.25, -0.2) is 24.2 Å². The molecule has 1 saturated heterocycles. The Bertz CT molecular complexity index is 2540. The fourth-order valence-corrected chi connectivity index (χ4v) is 12.7. The lowest BCUT2D eigenvalue weighted by molar-refractivity contribution is -0.347. The monoisotopic (exact) mass is 1050 g/mol. The normalized spacial score (nSPS) is 29.0. The number of Topliss-reactive ketones (excluding diaryl/α,β-unsaturated/α-hetero) is 1. The van der Waals surface area contributed by atoms with Crippen molar-refractivity contribution in [2.75, 3.05) is 33.2 Å². The molecule has 1 aliphatic heterocycles. The third-order valence-corrected chi connectivity index (χ3v) is 16.6. The predicted molar refractivity (Wildman–Crippen MR) is 266 cm³/mol. The van der Waals surface area contributed by atoms with Crippen LogP contribution in [-0.4, -0.2) is 133 Å². The van der Waals surface area contributed by atoms with Crippen LogP contribution in [0.2, 0.25) is 0 Å². The zero-order valence-electron chi connectivity index (χ0n) is 42.6. The molecule has 11 atom stereocenters. The minimum Gasteiger partial charge on any atom is -0.455 e. The first-order valence-electron chi connectivity index (χ1n) is 23.9. The molecular weight excluding hydrogens is 985 g/mol. The van der Waals surface area contributed by atoms with Crippen molar-refractivity contribution in [3.8, 4) is 0 Å². The summed E-state index contributed by atoms with van der Waals surface area (Å²) in [6, 6.07) is 20.3.